The predicted octanol–water partition coefficient (Wildman–Crippen LogP) is 11.2. The zero-order chi connectivity index (χ0) is 30.1. The largest absolute Gasteiger partial charge is 0.314 e. The summed E-state index contributed by atoms with van der Waals surface area (Å²) in [5, 5.41) is 2.54. The van der Waals surface area contributed by atoms with E-state index in [0.29, 0.717) is 0 Å². The molecule has 0 fully saturated rings. The van der Waals surface area contributed by atoms with Crippen LogP contribution in [0.1, 0.15) is 42.5 Å². The molecule has 0 saturated carbocycles. The molecule has 0 aliphatic heterocycles. The van der Waals surface area contributed by atoms with Gasteiger partial charge in [-0.1, -0.05) is 111 Å². The molecule has 216 valence electrons. The van der Waals surface area contributed by atoms with Crippen LogP contribution in [0.5, 0.6) is 0 Å². The minimum absolute atomic E-state index is 0.0200. The molecule has 2 heteroatoms. The number of nitrogens with zero attached hydrogens (tertiary/aromatic N) is 2. The van der Waals surface area contributed by atoms with Gasteiger partial charge >= 0.3 is 0 Å². The van der Waals surface area contributed by atoms with E-state index in [4.69, 9.17) is 0 Å². The number of aryl methyl sites for hydroxylation is 1. The number of hydrogen-bond acceptors (Lipinski definition) is 1. The summed E-state index contributed by atoms with van der Waals surface area (Å²) >= 11 is 0. The van der Waals surface area contributed by atoms with Crippen LogP contribution < -0.4 is 4.90 Å². The Balaban J connectivity index is 1.29. The molecule has 0 unspecified atom stereocenters. The highest BCUT2D eigenvalue weighted by Gasteiger charge is 2.35. The maximum Gasteiger partial charge on any atom is 0.0561 e. The van der Waals surface area contributed by atoms with Crippen molar-refractivity contribution < 1.29 is 0 Å². The minimum Gasteiger partial charge on any atom is -0.314 e. The molecular formula is C43H34N2. The molecule has 0 atom stereocenters. The van der Waals surface area contributed by atoms with Crippen LogP contribution in [0.3, 0.4) is 0 Å². The third kappa shape index (κ3) is 3.95. The maximum absolute atomic E-state index is 2.51. The number of benzene rings is 6. The smallest absolute Gasteiger partial charge is 0.0561 e. The summed E-state index contributed by atoms with van der Waals surface area (Å²) in [5.41, 5.74) is 15.5. The summed E-state index contributed by atoms with van der Waals surface area (Å²) in [4.78, 5) is 2.51. The van der Waals surface area contributed by atoms with Crippen LogP contribution >= 0.6 is 0 Å². The van der Waals surface area contributed by atoms with E-state index in [1.165, 1.54) is 77.9 Å². The molecule has 45 heavy (non-hydrogen) atoms. The van der Waals surface area contributed by atoms with Crippen LogP contribution in [0.2, 0.25) is 0 Å². The van der Waals surface area contributed by atoms with E-state index >= 15 is 0 Å². The Labute approximate surface area is 264 Å². The number of hydrogen-bond donors (Lipinski definition) is 0. The van der Waals surface area contributed by atoms with Crippen molar-refractivity contribution in [3.05, 3.63) is 167 Å². The molecule has 9 rings (SSSR count). The fourth-order valence-corrected chi connectivity index (χ4v) is 7.87. The highest BCUT2D eigenvalue weighted by Crippen LogP contribution is 2.50. The van der Waals surface area contributed by atoms with E-state index < -0.39 is 0 Å². The first-order valence-electron chi connectivity index (χ1n) is 16.0. The topological polar surface area (TPSA) is 8.17 Å². The Kier molecular flexibility index (Phi) is 5.70. The lowest BCUT2D eigenvalue weighted by molar-refractivity contribution is 0.660. The lowest BCUT2D eigenvalue weighted by Gasteiger charge is -2.31. The Morgan fingerprint density at radius 2 is 1.24 bits per heavy atom. The first kappa shape index (κ1) is 26.1. The van der Waals surface area contributed by atoms with Gasteiger partial charge in [0, 0.05) is 38.9 Å². The summed E-state index contributed by atoms with van der Waals surface area (Å²) < 4.78 is 2.42. The molecule has 2 nitrogen and oxygen atoms in total. The number of para-hydroxylation sites is 2. The van der Waals surface area contributed by atoms with Crippen molar-refractivity contribution in [3.8, 4) is 16.8 Å². The van der Waals surface area contributed by atoms with Crippen LogP contribution in [0.4, 0.5) is 11.4 Å². The summed E-state index contributed by atoms with van der Waals surface area (Å²) in [5.74, 6) is 0. The van der Waals surface area contributed by atoms with E-state index in [2.05, 4.69) is 169 Å². The normalized spacial score (nSPS) is 14.6. The van der Waals surface area contributed by atoms with Crippen LogP contribution in [0.25, 0.3) is 44.7 Å². The Bertz CT molecular complexity index is 2300. The van der Waals surface area contributed by atoms with E-state index in [1.807, 2.05) is 0 Å². The van der Waals surface area contributed by atoms with Gasteiger partial charge in [0.1, 0.15) is 0 Å². The van der Waals surface area contributed by atoms with Gasteiger partial charge in [-0.2, -0.15) is 0 Å². The zero-order valence-corrected chi connectivity index (χ0v) is 25.7. The van der Waals surface area contributed by atoms with Crippen molar-refractivity contribution in [2.45, 2.75) is 32.1 Å². The third-order valence-electron chi connectivity index (χ3n) is 10.1. The first-order chi connectivity index (χ1) is 22.1. The average molecular weight is 579 g/mol. The monoisotopic (exact) mass is 578 g/mol. The van der Waals surface area contributed by atoms with Gasteiger partial charge in [0.05, 0.1) is 11.0 Å². The highest BCUT2D eigenvalue weighted by atomic mass is 15.2. The van der Waals surface area contributed by atoms with Crippen molar-refractivity contribution in [1.29, 1.82) is 0 Å². The van der Waals surface area contributed by atoms with Crippen molar-refractivity contribution in [1.82, 2.24) is 4.57 Å². The second kappa shape index (κ2) is 9.84. The second-order valence-corrected chi connectivity index (χ2v) is 13.0. The number of anilines is 2. The summed E-state index contributed by atoms with van der Waals surface area (Å²) in [6.45, 7) is 4.71. The molecule has 0 amide bonds. The number of aromatic nitrogens is 1. The minimum atomic E-state index is -0.0200. The van der Waals surface area contributed by atoms with E-state index in [-0.39, 0.29) is 5.41 Å². The van der Waals surface area contributed by atoms with Gasteiger partial charge < -0.3 is 9.47 Å². The van der Waals surface area contributed by atoms with Crippen molar-refractivity contribution >= 4 is 39.3 Å². The van der Waals surface area contributed by atoms with Crippen LogP contribution in [-0.4, -0.2) is 4.57 Å². The number of fused-ring (bicyclic) bond motifs is 7. The quantitative estimate of drug-likeness (QED) is 0.202. The van der Waals surface area contributed by atoms with Crippen LogP contribution in [0, 0.1) is 0 Å². The van der Waals surface area contributed by atoms with Crippen molar-refractivity contribution in [3.63, 3.8) is 0 Å². The Morgan fingerprint density at radius 1 is 0.556 bits per heavy atom. The standard InChI is InChI=1S/C43H34N2/c1-43(2)39-18-10-8-16-35(39)38-27-33(23-25-40(38)43)44(32-21-20-29-12-6-7-13-30(29)26-32)34-22-24-37-36-17-9-11-19-41(36)45(42(37)28-34)31-14-4-3-5-15-31/h3-19,22-28H,20-21H2,1-2H3. The highest BCUT2D eigenvalue weighted by molar-refractivity contribution is 6.10. The van der Waals surface area contributed by atoms with E-state index in [9.17, 15) is 0 Å². The summed E-state index contributed by atoms with van der Waals surface area (Å²) in [6.07, 6.45) is 4.42. The molecule has 0 radical (unpaired) electrons. The SMILES string of the molecule is CC1(C)c2ccccc2-c2cc(N(C3=Cc4ccccc4CC3)c3ccc4c5ccccc5n(-c5ccccc5)c4c3)ccc21. The van der Waals surface area contributed by atoms with Crippen molar-refractivity contribution in [2.75, 3.05) is 4.90 Å². The molecule has 6 aromatic carbocycles. The average Bonchev–Trinajstić information content (AvgIpc) is 3.53. The number of rotatable bonds is 4. The van der Waals surface area contributed by atoms with Gasteiger partial charge in [-0.15, -0.1) is 0 Å². The third-order valence-corrected chi connectivity index (χ3v) is 10.1. The van der Waals surface area contributed by atoms with Crippen LogP contribution in [-0.2, 0) is 11.8 Å². The number of allylic oxidation sites excluding steroid dienone is 1. The van der Waals surface area contributed by atoms with Gasteiger partial charge in [-0.3, -0.25) is 0 Å². The molecule has 2 aliphatic carbocycles. The fraction of sp³-hybridized carbons (Fsp3) is 0.116. The van der Waals surface area contributed by atoms with Gasteiger partial charge in [-0.25, -0.2) is 0 Å². The molecule has 0 N–H and O–H groups in total. The lowest BCUT2D eigenvalue weighted by Crippen LogP contribution is -2.20. The second-order valence-electron chi connectivity index (χ2n) is 13.0. The molecule has 1 heterocycles. The van der Waals surface area contributed by atoms with Gasteiger partial charge in [0.2, 0.25) is 0 Å². The lowest BCUT2D eigenvalue weighted by atomic mass is 9.82. The van der Waals surface area contributed by atoms with E-state index in [1.54, 1.807) is 0 Å². The summed E-state index contributed by atoms with van der Waals surface area (Å²) in [7, 11) is 0. The molecule has 0 spiro atoms. The van der Waals surface area contributed by atoms with Gasteiger partial charge in [0.25, 0.3) is 0 Å². The van der Waals surface area contributed by atoms with Crippen LogP contribution in [0.15, 0.2) is 145 Å². The molecule has 0 bridgehead atoms. The predicted molar refractivity (Wildman–Crippen MR) is 190 cm³/mol. The summed E-state index contributed by atoms with van der Waals surface area (Å²) in [6, 6.07) is 51.5. The molecule has 1 aromatic heterocycles. The molecular weight excluding hydrogens is 544 g/mol. The van der Waals surface area contributed by atoms with Gasteiger partial charge in [-0.05, 0) is 94.8 Å². The maximum atomic E-state index is 2.51. The van der Waals surface area contributed by atoms with Crippen molar-refractivity contribution in [2.24, 2.45) is 0 Å². The molecule has 0 saturated heterocycles. The molecule has 7 aromatic rings. The Hall–Kier alpha value is -5.34. The van der Waals surface area contributed by atoms with Gasteiger partial charge in [0.15, 0.2) is 0 Å². The fourth-order valence-electron chi connectivity index (χ4n) is 7.87. The first-order valence-corrected chi connectivity index (χ1v) is 16.0. The Morgan fingerprint density at radius 3 is 2.16 bits per heavy atom. The van der Waals surface area contributed by atoms with E-state index in [0.717, 1.165) is 12.8 Å². The zero-order valence-electron chi connectivity index (χ0n) is 25.7. The molecule has 2 aliphatic rings.